The summed E-state index contributed by atoms with van der Waals surface area (Å²) < 4.78 is 1.68. The Labute approximate surface area is 110 Å². The van der Waals surface area contributed by atoms with Crippen LogP contribution in [0.1, 0.15) is 5.56 Å². The molecule has 2 aromatic heterocycles. The summed E-state index contributed by atoms with van der Waals surface area (Å²) in [4.78, 5) is 4.07. The lowest BCUT2D eigenvalue weighted by molar-refractivity contribution is 0.656. The molecule has 0 amide bonds. The summed E-state index contributed by atoms with van der Waals surface area (Å²) in [6, 6.07) is 13.7. The first-order chi connectivity index (χ1) is 9.34. The van der Waals surface area contributed by atoms with E-state index in [4.69, 9.17) is 5.73 Å². The molecule has 2 heterocycles. The molecule has 0 bridgehead atoms. The highest BCUT2D eigenvalue weighted by Gasteiger charge is 2.11. The van der Waals surface area contributed by atoms with Gasteiger partial charge in [-0.2, -0.15) is 0 Å². The van der Waals surface area contributed by atoms with Gasteiger partial charge >= 0.3 is 0 Å². The number of nitrogen functional groups attached to an aromatic ring is 1. The lowest BCUT2D eigenvalue weighted by Crippen LogP contribution is -2.06. The van der Waals surface area contributed by atoms with E-state index in [2.05, 4.69) is 15.3 Å². The summed E-state index contributed by atoms with van der Waals surface area (Å²) in [5.74, 6) is 0.565. The Kier molecular flexibility index (Phi) is 2.94. The summed E-state index contributed by atoms with van der Waals surface area (Å²) in [5, 5.41) is 8.25. The minimum Gasteiger partial charge on any atom is -0.382 e. The minimum absolute atomic E-state index is 0.565. The molecule has 0 radical (unpaired) electrons. The van der Waals surface area contributed by atoms with Crippen LogP contribution < -0.4 is 5.73 Å². The van der Waals surface area contributed by atoms with Crippen LogP contribution in [0.4, 0.5) is 5.82 Å². The Morgan fingerprint density at radius 2 is 1.89 bits per heavy atom. The van der Waals surface area contributed by atoms with Crippen molar-refractivity contribution in [1.82, 2.24) is 20.0 Å². The zero-order chi connectivity index (χ0) is 13.1. The van der Waals surface area contributed by atoms with Gasteiger partial charge in [-0.1, -0.05) is 41.6 Å². The first-order valence-electron chi connectivity index (χ1n) is 5.98. The molecule has 0 saturated carbocycles. The molecule has 5 heteroatoms. The SMILES string of the molecule is Nc1c(-c2ccccc2)nnn1Cc1cccnc1. The van der Waals surface area contributed by atoms with Gasteiger partial charge < -0.3 is 5.73 Å². The van der Waals surface area contributed by atoms with Crippen LogP contribution in [-0.4, -0.2) is 20.0 Å². The Bertz CT molecular complexity index is 661. The lowest BCUT2D eigenvalue weighted by atomic mass is 10.1. The highest BCUT2D eigenvalue weighted by molar-refractivity contribution is 5.69. The van der Waals surface area contributed by atoms with Crippen molar-refractivity contribution in [3.05, 3.63) is 60.4 Å². The maximum Gasteiger partial charge on any atom is 0.150 e. The predicted molar refractivity (Wildman–Crippen MR) is 73.2 cm³/mol. The average Bonchev–Trinajstić information content (AvgIpc) is 2.82. The van der Waals surface area contributed by atoms with Gasteiger partial charge in [0, 0.05) is 18.0 Å². The molecule has 1 aromatic carbocycles. The highest BCUT2D eigenvalue weighted by Crippen LogP contribution is 2.22. The molecule has 0 spiro atoms. The Morgan fingerprint density at radius 1 is 1.05 bits per heavy atom. The van der Waals surface area contributed by atoms with Crippen LogP contribution in [0.3, 0.4) is 0 Å². The van der Waals surface area contributed by atoms with Gasteiger partial charge in [-0.25, -0.2) is 4.68 Å². The number of pyridine rings is 1. The van der Waals surface area contributed by atoms with E-state index >= 15 is 0 Å². The van der Waals surface area contributed by atoms with Crippen LogP contribution >= 0.6 is 0 Å². The summed E-state index contributed by atoms with van der Waals surface area (Å²) in [6.45, 7) is 0.569. The second kappa shape index (κ2) is 4.89. The fourth-order valence-corrected chi connectivity index (χ4v) is 1.90. The molecule has 0 aliphatic heterocycles. The van der Waals surface area contributed by atoms with E-state index in [1.165, 1.54) is 0 Å². The van der Waals surface area contributed by atoms with Crippen molar-refractivity contribution in [2.45, 2.75) is 6.54 Å². The van der Waals surface area contributed by atoms with Gasteiger partial charge in [-0.05, 0) is 11.6 Å². The highest BCUT2D eigenvalue weighted by atomic mass is 15.4. The number of hydrogen-bond acceptors (Lipinski definition) is 4. The molecule has 0 unspecified atom stereocenters. The number of anilines is 1. The van der Waals surface area contributed by atoms with Crippen LogP contribution in [-0.2, 0) is 6.54 Å². The zero-order valence-electron chi connectivity index (χ0n) is 10.3. The first-order valence-corrected chi connectivity index (χ1v) is 5.98. The van der Waals surface area contributed by atoms with Crippen LogP contribution in [0.15, 0.2) is 54.9 Å². The van der Waals surface area contributed by atoms with Crippen LogP contribution in [0.5, 0.6) is 0 Å². The summed E-state index contributed by atoms with van der Waals surface area (Å²) >= 11 is 0. The number of benzene rings is 1. The standard InChI is InChI=1S/C14H13N5/c15-14-13(12-6-2-1-3-7-12)17-18-19(14)10-11-5-4-8-16-9-11/h1-9H,10,15H2. The fraction of sp³-hybridized carbons (Fsp3) is 0.0714. The molecular weight excluding hydrogens is 238 g/mol. The van der Waals surface area contributed by atoms with Gasteiger partial charge in [0.25, 0.3) is 0 Å². The molecule has 0 aliphatic carbocycles. The van der Waals surface area contributed by atoms with E-state index in [-0.39, 0.29) is 0 Å². The van der Waals surface area contributed by atoms with Crippen molar-refractivity contribution < 1.29 is 0 Å². The number of rotatable bonds is 3. The van der Waals surface area contributed by atoms with Gasteiger partial charge in [0.05, 0.1) is 6.54 Å². The number of nitrogens with zero attached hydrogens (tertiary/aromatic N) is 4. The van der Waals surface area contributed by atoms with E-state index < -0.39 is 0 Å². The zero-order valence-corrected chi connectivity index (χ0v) is 10.3. The Morgan fingerprint density at radius 3 is 2.63 bits per heavy atom. The molecule has 0 saturated heterocycles. The molecule has 94 valence electrons. The normalized spacial score (nSPS) is 10.5. The Hall–Kier alpha value is -2.69. The molecule has 0 atom stereocenters. The van der Waals surface area contributed by atoms with E-state index in [1.807, 2.05) is 42.5 Å². The van der Waals surface area contributed by atoms with Crippen molar-refractivity contribution in [3.8, 4) is 11.3 Å². The van der Waals surface area contributed by atoms with Crippen molar-refractivity contribution in [3.63, 3.8) is 0 Å². The van der Waals surface area contributed by atoms with Crippen molar-refractivity contribution in [2.24, 2.45) is 0 Å². The van der Waals surface area contributed by atoms with Gasteiger partial charge in [-0.3, -0.25) is 4.98 Å². The molecule has 0 fully saturated rings. The van der Waals surface area contributed by atoms with Crippen LogP contribution in [0.25, 0.3) is 11.3 Å². The second-order valence-electron chi connectivity index (χ2n) is 4.21. The smallest absolute Gasteiger partial charge is 0.150 e. The molecule has 0 aliphatic rings. The monoisotopic (exact) mass is 251 g/mol. The van der Waals surface area contributed by atoms with E-state index in [9.17, 15) is 0 Å². The van der Waals surface area contributed by atoms with Crippen LogP contribution in [0, 0.1) is 0 Å². The summed E-state index contributed by atoms with van der Waals surface area (Å²) in [6.07, 6.45) is 3.53. The third kappa shape index (κ3) is 2.30. The quantitative estimate of drug-likeness (QED) is 0.772. The second-order valence-corrected chi connectivity index (χ2v) is 4.21. The van der Waals surface area contributed by atoms with E-state index in [0.29, 0.717) is 18.1 Å². The van der Waals surface area contributed by atoms with Gasteiger partial charge in [0.2, 0.25) is 0 Å². The third-order valence-electron chi connectivity index (χ3n) is 2.88. The molecular formula is C14H13N5. The predicted octanol–water partition coefficient (Wildman–Crippen LogP) is 1.97. The Balaban J connectivity index is 1.92. The largest absolute Gasteiger partial charge is 0.382 e. The molecule has 5 nitrogen and oxygen atoms in total. The van der Waals surface area contributed by atoms with Crippen molar-refractivity contribution in [1.29, 1.82) is 0 Å². The van der Waals surface area contributed by atoms with Crippen molar-refractivity contribution in [2.75, 3.05) is 5.73 Å². The van der Waals surface area contributed by atoms with Gasteiger partial charge in [-0.15, -0.1) is 5.10 Å². The van der Waals surface area contributed by atoms with E-state index in [1.54, 1.807) is 17.1 Å². The van der Waals surface area contributed by atoms with Crippen LogP contribution in [0.2, 0.25) is 0 Å². The topological polar surface area (TPSA) is 69.6 Å². The fourth-order valence-electron chi connectivity index (χ4n) is 1.90. The molecule has 2 N–H and O–H groups in total. The maximum absolute atomic E-state index is 6.10. The average molecular weight is 251 g/mol. The summed E-state index contributed by atoms with van der Waals surface area (Å²) in [5.41, 5.74) is 8.82. The first kappa shape index (κ1) is 11.4. The molecule has 3 aromatic rings. The molecule has 19 heavy (non-hydrogen) atoms. The number of nitrogens with two attached hydrogens (primary N) is 1. The van der Waals surface area contributed by atoms with Gasteiger partial charge in [0.1, 0.15) is 5.69 Å². The number of aromatic nitrogens is 4. The maximum atomic E-state index is 6.10. The lowest BCUT2D eigenvalue weighted by Gasteiger charge is -2.03. The number of hydrogen-bond donors (Lipinski definition) is 1. The minimum atomic E-state index is 0.565. The molecule has 3 rings (SSSR count). The van der Waals surface area contributed by atoms with Gasteiger partial charge in [0.15, 0.2) is 5.82 Å². The van der Waals surface area contributed by atoms with Crippen molar-refractivity contribution >= 4 is 5.82 Å². The third-order valence-corrected chi connectivity index (χ3v) is 2.88. The summed E-state index contributed by atoms with van der Waals surface area (Å²) in [7, 11) is 0. The van der Waals surface area contributed by atoms with E-state index in [0.717, 1.165) is 11.1 Å².